The minimum absolute atomic E-state index is 0.0200. The molecule has 2 heterocycles. The van der Waals surface area contributed by atoms with Crippen molar-refractivity contribution in [3.8, 4) is 11.5 Å². The maximum atomic E-state index is 12.8. The third-order valence-corrected chi connectivity index (χ3v) is 8.13. The third-order valence-electron chi connectivity index (χ3n) is 6.13. The Morgan fingerprint density at radius 1 is 1.03 bits per heavy atom. The topological polar surface area (TPSA) is 120 Å². The Morgan fingerprint density at radius 2 is 1.82 bits per heavy atom. The van der Waals surface area contributed by atoms with Gasteiger partial charge in [-0.3, -0.25) is 4.79 Å². The van der Waals surface area contributed by atoms with Gasteiger partial charge in [-0.25, -0.2) is 13.1 Å². The summed E-state index contributed by atoms with van der Waals surface area (Å²) in [6.45, 7) is 1.36. The maximum Gasteiger partial charge on any atom is 0.242 e. The Bertz CT molecular complexity index is 1270. The first-order valence-corrected chi connectivity index (χ1v) is 13.1. The predicted molar refractivity (Wildman–Crippen MR) is 124 cm³/mol. The molecule has 1 aliphatic heterocycles. The molecule has 1 fully saturated rings. The first kappa shape index (κ1) is 22.1. The molecule has 174 valence electrons. The average molecular weight is 489 g/mol. The molecular weight excluding hydrogens is 464 g/mol. The smallest absolute Gasteiger partial charge is 0.242 e. The van der Waals surface area contributed by atoms with E-state index in [4.69, 9.17) is 9.47 Å². The molecule has 11 heteroatoms. The van der Waals surface area contributed by atoms with Crippen molar-refractivity contribution >= 4 is 44.4 Å². The number of rotatable bonds is 6. The van der Waals surface area contributed by atoms with E-state index >= 15 is 0 Å². The normalized spacial score (nSPS) is 20.5. The fraction of sp³-hybridized carbons (Fsp3) is 0.409. The minimum atomic E-state index is -3.68. The van der Waals surface area contributed by atoms with Crippen LogP contribution in [0, 0.1) is 11.8 Å². The zero-order valence-corrected chi connectivity index (χ0v) is 19.5. The lowest BCUT2D eigenvalue weighted by Gasteiger charge is -2.28. The van der Waals surface area contributed by atoms with E-state index in [1.807, 2.05) is 6.07 Å². The van der Waals surface area contributed by atoms with Crippen LogP contribution in [-0.2, 0) is 14.8 Å². The van der Waals surface area contributed by atoms with Crippen LogP contribution in [0.5, 0.6) is 11.5 Å². The maximum absolute atomic E-state index is 12.8. The van der Waals surface area contributed by atoms with Crippen LogP contribution in [-0.4, -0.2) is 42.8 Å². The van der Waals surface area contributed by atoms with Crippen molar-refractivity contribution in [2.24, 2.45) is 11.8 Å². The molecule has 0 radical (unpaired) electrons. The van der Waals surface area contributed by atoms with Crippen molar-refractivity contribution in [1.82, 2.24) is 13.5 Å². The summed E-state index contributed by atoms with van der Waals surface area (Å²) in [7, 11) is -3.68. The third kappa shape index (κ3) is 4.80. The van der Waals surface area contributed by atoms with Crippen molar-refractivity contribution < 1.29 is 22.7 Å². The molecule has 0 saturated heterocycles. The van der Waals surface area contributed by atoms with E-state index in [1.54, 1.807) is 30.3 Å². The number of anilines is 1. The number of amides is 1. The lowest BCUT2D eigenvalue weighted by atomic mass is 9.81. The zero-order valence-electron chi connectivity index (χ0n) is 17.8. The lowest BCUT2D eigenvalue weighted by molar-refractivity contribution is -0.121. The highest BCUT2D eigenvalue weighted by Crippen LogP contribution is 2.34. The molecule has 3 aromatic rings. The SMILES string of the molecule is O=C(Nc1ccc2c(c1)OCCO2)C1CCC(CNS(=O)(=O)c2cccc3nsnc23)CC1. The van der Waals surface area contributed by atoms with Crippen molar-refractivity contribution in [3.63, 3.8) is 0 Å². The summed E-state index contributed by atoms with van der Waals surface area (Å²) in [5, 5.41) is 2.97. The number of hydrogen-bond acceptors (Lipinski definition) is 8. The van der Waals surface area contributed by atoms with Crippen LogP contribution in [0.15, 0.2) is 41.3 Å². The molecule has 1 saturated carbocycles. The number of fused-ring (bicyclic) bond motifs is 2. The molecule has 2 aliphatic rings. The highest BCUT2D eigenvalue weighted by atomic mass is 32.2. The van der Waals surface area contributed by atoms with Gasteiger partial charge in [0.05, 0.1) is 11.7 Å². The molecular formula is C22H24N4O5S2. The van der Waals surface area contributed by atoms with Gasteiger partial charge in [0.15, 0.2) is 11.5 Å². The lowest BCUT2D eigenvalue weighted by Crippen LogP contribution is -2.33. The van der Waals surface area contributed by atoms with Gasteiger partial charge in [-0.05, 0) is 55.9 Å². The second-order valence-corrected chi connectivity index (χ2v) is 10.6. The number of carbonyl (C=O) groups excluding carboxylic acids is 1. The number of carbonyl (C=O) groups is 1. The Labute approximate surface area is 195 Å². The van der Waals surface area contributed by atoms with Gasteiger partial charge in [0.2, 0.25) is 15.9 Å². The van der Waals surface area contributed by atoms with E-state index < -0.39 is 10.0 Å². The first-order chi connectivity index (χ1) is 16.0. The molecule has 1 aromatic heterocycles. The molecule has 9 nitrogen and oxygen atoms in total. The predicted octanol–water partition coefficient (Wildman–Crippen LogP) is 3.19. The molecule has 5 rings (SSSR count). The van der Waals surface area contributed by atoms with Crippen molar-refractivity contribution in [2.45, 2.75) is 30.6 Å². The van der Waals surface area contributed by atoms with Gasteiger partial charge in [-0.15, -0.1) is 0 Å². The van der Waals surface area contributed by atoms with Gasteiger partial charge in [-0.1, -0.05) is 6.07 Å². The molecule has 2 N–H and O–H groups in total. The number of aromatic nitrogens is 2. The quantitative estimate of drug-likeness (QED) is 0.547. The number of nitrogens with zero attached hydrogens (tertiary/aromatic N) is 2. The molecule has 33 heavy (non-hydrogen) atoms. The number of benzene rings is 2. The van der Waals surface area contributed by atoms with Crippen LogP contribution in [0.1, 0.15) is 25.7 Å². The van der Waals surface area contributed by atoms with E-state index in [0.29, 0.717) is 60.8 Å². The first-order valence-electron chi connectivity index (χ1n) is 10.9. The fourth-order valence-electron chi connectivity index (χ4n) is 4.30. The molecule has 0 atom stereocenters. The van der Waals surface area contributed by atoms with Crippen LogP contribution < -0.4 is 19.5 Å². The standard InChI is InChI=1S/C22H24N4O5S2/c27-22(24-16-8-9-18-19(12-16)31-11-10-30-18)15-6-4-14(5-7-15)13-23-33(28,29)20-3-1-2-17-21(20)26-32-25-17/h1-3,8-9,12,14-15,23H,4-7,10-11,13H2,(H,24,27). The van der Waals surface area contributed by atoms with E-state index in [2.05, 4.69) is 18.8 Å². The number of sulfonamides is 1. The Morgan fingerprint density at radius 3 is 2.64 bits per heavy atom. The number of ether oxygens (including phenoxy) is 2. The van der Waals surface area contributed by atoms with Crippen LogP contribution in [0.3, 0.4) is 0 Å². The van der Waals surface area contributed by atoms with E-state index in [9.17, 15) is 13.2 Å². The monoisotopic (exact) mass is 488 g/mol. The summed E-state index contributed by atoms with van der Waals surface area (Å²) in [5.41, 5.74) is 1.66. The number of hydrogen-bond donors (Lipinski definition) is 2. The van der Waals surface area contributed by atoms with Crippen molar-refractivity contribution in [3.05, 3.63) is 36.4 Å². The van der Waals surface area contributed by atoms with Gasteiger partial charge in [0.1, 0.15) is 29.1 Å². The summed E-state index contributed by atoms with van der Waals surface area (Å²) in [5.74, 6) is 1.39. The average Bonchev–Trinajstić information content (AvgIpc) is 3.32. The summed E-state index contributed by atoms with van der Waals surface area (Å²) in [6.07, 6.45) is 3.00. The Kier molecular flexibility index (Phi) is 6.17. The van der Waals surface area contributed by atoms with E-state index in [0.717, 1.165) is 24.6 Å². The molecule has 2 aromatic carbocycles. The molecule has 1 amide bonds. The Hall–Kier alpha value is -2.76. The molecule has 1 aliphatic carbocycles. The Balaban J connectivity index is 1.13. The van der Waals surface area contributed by atoms with Gasteiger partial charge < -0.3 is 14.8 Å². The van der Waals surface area contributed by atoms with Crippen molar-refractivity contribution in [2.75, 3.05) is 25.1 Å². The zero-order chi connectivity index (χ0) is 22.8. The van der Waals surface area contributed by atoms with Gasteiger partial charge >= 0.3 is 0 Å². The second kappa shape index (κ2) is 9.24. The summed E-state index contributed by atoms with van der Waals surface area (Å²) < 4.78 is 47.6. The molecule has 0 spiro atoms. The van der Waals surface area contributed by atoms with Crippen LogP contribution in [0.2, 0.25) is 0 Å². The van der Waals surface area contributed by atoms with E-state index in [-0.39, 0.29) is 22.6 Å². The summed E-state index contributed by atoms with van der Waals surface area (Å²) >= 11 is 0.996. The van der Waals surface area contributed by atoms with Crippen LogP contribution in [0.4, 0.5) is 5.69 Å². The summed E-state index contributed by atoms with van der Waals surface area (Å²) in [4.78, 5) is 12.9. The largest absolute Gasteiger partial charge is 0.486 e. The van der Waals surface area contributed by atoms with Crippen molar-refractivity contribution in [1.29, 1.82) is 0 Å². The van der Waals surface area contributed by atoms with Gasteiger partial charge in [0.25, 0.3) is 0 Å². The summed E-state index contributed by atoms with van der Waals surface area (Å²) in [6, 6.07) is 10.4. The van der Waals surface area contributed by atoms with Gasteiger partial charge in [-0.2, -0.15) is 8.75 Å². The fourth-order valence-corrected chi connectivity index (χ4v) is 6.18. The van der Waals surface area contributed by atoms with E-state index in [1.165, 1.54) is 0 Å². The minimum Gasteiger partial charge on any atom is -0.486 e. The van der Waals surface area contributed by atoms with Crippen LogP contribution >= 0.6 is 11.7 Å². The second-order valence-electron chi connectivity index (χ2n) is 8.31. The highest BCUT2D eigenvalue weighted by molar-refractivity contribution is 7.89. The molecule has 0 bridgehead atoms. The number of nitrogens with one attached hydrogen (secondary N) is 2. The van der Waals surface area contributed by atoms with Gasteiger partial charge in [0, 0.05) is 24.2 Å². The highest BCUT2D eigenvalue weighted by Gasteiger charge is 2.28. The van der Waals surface area contributed by atoms with Crippen LogP contribution in [0.25, 0.3) is 11.0 Å². The molecule has 0 unspecified atom stereocenters.